The molecule has 2 aromatic heterocycles. The summed E-state index contributed by atoms with van der Waals surface area (Å²) in [6.07, 6.45) is -3.89. The van der Waals surface area contributed by atoms with Gasteiger partial charge in [-0.05, 0) is 36.2 Å². The summed E-state index contributed by atoms with van der Waals surface area (Å²) >= 11 is 12.4. The van der Waals surface area contributed by atoms with Gasteiger partial charge in [-0.15, -0.1) is 0 Å². The first kappa shape index (κ1) is 20.5. The molecule has 0 bridgehead atoms. The Morgan fingerprint density at radius 1 is 1.07 bits per heavy atom. The zero-order valence-corrected chi connectivity index (χ0v) is 17.0. The number of alkyl halides is 3. The van der Waals surface area contributed by atoms with Crippen LogP contribution in [0.4, 0.5) is 13.2 Å². The highest BCUT2D eigenvalue weighted by Gasteiger charge is 2.30. The van der Waals surface area contributed by atoms with Crippen LogP contribution in [0.2, 0.25) is 10.0 Å². The van der Waals surface area contributed by atoms with E-state index >= 15 is 0 Å². The molecule has 0 amide bonds. The van der Waals surface area contributed by atoms with Crippen molar-refractivity contribution >= 4 is 28.8 Å². The molecule has 0 spiro atoms. The Morgan fingerprint density at radius 2 is 1.77 bits per heavy atom. The number of nitrogens with zero attached hydrogens (tertiary/aromatic N) is 2. The van der Waals surface area contributed by atoms with E-state index in [1.165, 1.54) is 22.7 Å². The highest BCUT2D eigenvalue weighted by molar-refractivity contribution is 6.36. The summed E-state index contributed by atoms with van der Waals surface area (Å²) in [6, 6.07) is 10.9. The molecule has 0 radical (unpaired) electrons. The lowest BCUT2D eigenvalue weighted by Gasteiger charge is -2.09. The van der Waals surface area contributed by atoms with E-state index in [1.807, 2.05) is 6.92 Å². The predicted molar refractivity (Wildman–Crippen MR) is 111 cm³/mol. The maximum Gasteiger partial charge on any atom is 0.416 e. The molecular weight excluding hydrogens is 438 g/mol. The van der Waals surface area contributed by atoms with Crippen LogP contribution in [0, 0.1) is 0 Å². The number of rotatable bonds is 3. The molecule has 0 saturated carbocycles. The molecule has 9 heteroatoms. The lowest BCUT2D eigenvalue weighted by atomic mass is 10.0. The van der Waals surface area contributed by atoms with Gasteiger partial charge in [0.1, 0.15) is 5.65 Å². The van der Waals surface area contributed by atoms with Gasteiger partial charge < -0.3 is 4.98 Å². The van der Waals surface area contributed by atoms with E-state index in [2.05, 4.69) is 10.1 Å². The third-order valence-electron chi connectivity index (χ3n) is 4.75. The summed E-state index contributed by atoms with van der Waals surface area (Å²) in [5.41, 5.74) is 1.98. The van der Waals surface area contributed by atoms with Gasteiger partial charge in [-0.25, -0.2) is 0 Å². The van der Waals surface area contributed by atoms with Crippen LogP contribution in [0.3, 0.4) is 0 Å². The number of aromatic nitrogens is 3. The fourth-order valence-electron chi connectivity index (χ4n) is 3.30. The van der Waals surface area contributed by atoms with Crippen molar-refractivity contribution in [2.24, 2.45) is 0 Å². The van der Waals surface area contributed by atoms with Crippen molar-refractivity contribution in [1.82, 2.24) is 14.6 Å². The number of nitrogens with one attached hydrogen (secondary N) is 1. The summed E-state index contributed by atoms with van der Waals surface area (Å²) in [4.78, 5) is 15.8. The van der Waals surface area contributed by atoms with Crippen LogP contribution in [0.5, 0.6) is 0 Å². The Labute approximate surface area is 178 Å². The minimum atomic E-state index is -4.43. The summed E-state index contributed by atoms with van der Waals surface area (Å²) in [6.45, 7) is 1.90. The largest absolute Gasteiger partial charge is 0.416 e. The molecule has 0 fully saturated rings. The number of halogens is 5. The van der Waals surface area contributed by atoms with E-state index < -0.39 is 17.3 Å². The Hall–Kier alpha value is -2.77. The SMILES string of the molecule is CCc1nn2c(=O)cc(-c3ccc(C(F)(F)F)cc3)[nH]c2c1-c1ccc(Cl)cc1Cl. The fourth-order valence-corrected chi connectivity index (χ4v) is 3.81. The van der Waals surface area contributed by atoms with Crippen LogP contribution < -0.4 is 5.56 Å². The summed E-state index contributed by atoms with van der Waals surface area (Å²) < 4.78 is 39.8. The summed E-state index contributed by atoms with van der Waals surface area (Å²) in [5, 5.41) is 5.25. The van der Waals surface area contributed by atoms with E-state index in [0.29, 0.717) is 50.2 Å². The van der Waals surface area contributed by atoms with E-state index in [9.17, 15) is 18.0 Å². The van der Waals surface area contributed by atoms with E-state index in [4.69, 9.17) is 23.2 Å². The van der Waals surface area contributed by atoms with Gasteiger partial charge in [0.05, 0.1) is 22.0 Å². The standard InChI is InChI=1S/C21H14Cl2F3N3O/c1-2-16-19(14-8-7-13(22)9-15(14)23)20-27-17(10-18(30)29(20)28-16)11-3-5-12(6-4-11)21(24,25)26/h3-10,27H,2H2,1H3. The van der Waals surface area contributed by atoms with Crippen LogP contribution in [-0.4, -0.2) is 14.6 Å². The Bertz CT molecular complexity index is 1310. The molecule has 0 atom stereocenters. The molecule has 0 saturated heterocycles. The highest BCUT2D eigenvalue weighted by Crippen LogP contribution is 2.35. The van der Waals surface area contributed by atoms with Gasteiger partial charge in [0.15, 0.2) is 0 Å². The molecule has 2 aromatic carbocycles. The van der Waals surface area contributed by atoms with Crippen molar-refractivity contribution in [3.8, 4) is 22.4 Å². The number of aromatic amines is 1. The van der Waals surface area contributed by atoms with Gasteiger partial charge in [-0.2, -0.15) is 22.8 Å². The van der Waals surface area contributed by atoms with Crippen molar-refractivity contribution in [2.75, 3.05) is 0 Å². The molecule has 1 N–H and O–H groups in total. The first-order chi connectivity index (χ1) is 14.2. The molecule has 30 heavy (non-hydrogen) atoms. The third-order valence-corrected chi connectivity index (χ3v) is 5.29. The van der Waals surface area contributed by atoms with Crippen molar-refractivity contribution in [3.05, 3.63) is 80.2 Å². The van der Waals surface area contributed by atoms with Crippen molar-refractivity contribution in [2.45, 2.75) is 19.5 Å². The number of H-pyrrole nitrogens is 1. The van der Waals surface area contributed by atoms with Gasteiger partial charge in [0.25, 0.3) is 5.56 Å². The first-order valence-electron chi connectivity index (χ1n) is 8.97. The smallest absolute Gasteiger partial charge is 0.339 e. The molecule has 4 nitrogen and oxygen atoms in total. The van der Waals surface area contributed by atoms with Crippen molar-refractivity contribution in [1.29, 1.82) is 0 Å². The molecule has 0 unspecified atom stereocenters. The second-order valence-corrected chi connectivity index (χ2v) is 7.50. The maximum atomic E-state index is 12.9. The lowest BCUT2D eigenvalue weighted by Crippen LogP contribution is -2.14. The van der Waals surface area contributed by atoms with E-state index in [-0.39, 0.29) is 0 Å². The Morgan fingerprint density at radius 3 is 2.37 bits per heavy atom. The van der Waals surface area contributed by atoms with Crippen LogP contribution in [0.25, 0.3) is 28.0 Å². The van der Waals surface area contributed by atoms with Gasteiger partial charge in [-0.1, -0.05) is 48.3 Å². The minimum absolute atomic E-state index is 0.370. The molecule has 4 rings (SSSR count). The predicted octanol–water partition coefficient (Wildman–Crippen LogP) is 6.24. The number of aryl methyl sites for hydroxylation is 1. The quantitative estimate of drug-likeness (QED) is 0.400. The van der Waals surface area contributed by atoms with Crippen LogP contribution >= 0.6 is 23.2 Å². The van der Waals surface area contributed by atoms with Gasteiger partial charge >= 0.3 is 6.18 Å². The Kier molecular flexibility index (Phi) is 5.11. The number of fused-ring (bicyclic) bond motifs is 1. The van der Waals surface area contributed by atoms with Gasteiger partial charge in [0.2, 0.25) is 0 Å². The molecule has 4 aromatic rings. The Balaban J connectivity index is 1.94. The molecule has 0 aliphatic heterocycles. The van der Waals surface area contributed by atoms with Crippen molar-refractivity contribution in [3.63, 3.8) is 0 Å². The van der Waals surface area contributed by atoms with Crippen LogP contribution in [0.1, 0.15) is 18.2 Å². The average molecular weight is 452 g/mol. The molecule has 154 valence electrons. The minimum Gasteiger partial charge on any atom is -0.339 e. The average Bonchev–Trinajstić information content (AvgIpc) is 3.06. The van der Waals surface area contributed by atoms with Crippen LogP contribution in [0.15, 0.2) is 53.3 Å². The number of benzene rings is 2. The second kappa shape index (κ2) is 7.49. The number of hydrogen-bond donors (Lipinski definition) is 1. The molecule has 0 aliphatic carbocycles. The number of hydrogen-bond acceptors (Lipinski definition) is 2. The van der Waals surface area contributed by atoms with Gasteiger partial charge in [-0.3, -0.25) is 4.79 Å². The zero-order chi connectivity index (χ0) is 21.6. The molecule has 0 aliphatic rings. The second-order valence-electron chi connectivity index (χ2n) is 6.66. The zero-order valence-electron chi connectivity index (χ0n) is 15.5. The van der Waals surface area contributed by atoms with E-state index in [0.717, 1.165) is 12.1 Å². The highest BCUT2D eigenvalue weighted by atomic mass is 35.5. The van der Waals surface area contributed by atoms with Crippen LogP contribution in [-0.2, 0) is 12.6 Å². The van der Waals surface area contributed by atoms with Crippen molar-refractivity contribution < 1.29 is 13.2 Å². The normalized spacial score (nSPS) is 11.9. The fraction of sp³-hybridized carbons (Fsp3) is 0.143. The van der Waals surface area contributed by atoms with Gasteiger partial charge in [0, 0.05) is 22.2 Å². The van der Waals surface area contributed by atoms with E-state index in [1.54, 1.807) is 18.2 Å². The first-order valence-corrected chi connectivity index (χ1v) is 9.72. The molecule has 2 heterocycles. The molecular formula is C21H14Cl2F3N3O. The summed E-state index contributed by atoms with van der Waals surface area (Å²) in [5.74, 6) is 0. The third kappa shape index (κ3) is 3.59. The topological polar surface area (TPSA) is 50.2 Å². The summed E-state index contributed by atoms with van der Waals surface area (Å²) in [7, 11) is 0. The monoisotopic (exact) mass is 451 g/mol. The maximum absolute atomic E-state index is 12.9. The lowest BCUT2D eigenvalue weighted by molar-refractivity contribution is -0.137.